The second-order valence-corrected chi connectivity index (χ2v) is 11.5. The van der Waals surface area contributed by atoms with Crippen LogP contribution in [0.4, 0.5) is 17.6 Å². The molecule has 0 aliphatic carbocycles. The van der Waals surface area contributed by atoms with Crippen molar-refractivity contribution < 1.29 is 22.3 Å². The van der Waals surface area contributed by atoms with Crippen molar-refractivity contribution in [2.75, 3.05) is 79.8 Å². The zero-order chi connectivity index (χ0) is 34.8. The van der Waals surface area contributed by atoms with E-state index in [-0.39, 0.29) is 18.3 Å². The number of hydrogen-bond acceptors (Lipinski definition) is 10. The van der Waals surface area contributed by atoms with Crippen molar-refractivity contribution in [1.29, 1.82) is 0 Å². The van der Waals surface area contributed by atoms with E-state index in [1.807, 2.05) is 17.0 Å². The second kappa shape index (κ2) is 21.4. The summed E-state index contributed by atoms with van der Waals surface area (Å²) in [7, 11) is 2.68. The Labute approximate surface area is 277 Å². The maximum Gasteiger partial charge on any atom is 0.259 e. The standard InChI is InChI=1S/C28H40FN9O.C4H8F2.CH3F/c1-4-23(6-5-22(2)21-36-13-11-35(3)12-14-36)24-7-9-31-25(19-24)20-33-38(30)28-32-10-8-26(29)27(34-28)37-15-17-39-18-16-37;1-3(2)4(5)6;1-2/h5-9,19-20H,4,10-18,21,30H2,1-3H3;3-4H,1-2H3;1H3/b22-5+,23-6+,33-20+;;. The summed E-state index contributed by atoms with van der Waals surface area (Å²) in [4.78, 5) is 19.8. The third-order valence-corrected chi connectivity index (χ3v) is 7.43. The molecular weight excluding hydrogens is 614 g/mol. The molecule has 0 unspecified atom stereocenters. The first kappa shape index (κ1) is 39.7. The number of amidine groups is 1. The molecule has 1 aromatic heterocycles. The van der Waals surface area contributed by atoms with Crippen molar-refractivity contribution in [2.45, 2.75) is 40.5 Å². The average Bonchev–Trinajstić information content (AvgIpc) is 3.28. The van der Waals surface area contributed by atoms with Crippen LogP contribution in [0.25, 0.3) is 5.57 Å². The SMILES string of the molecule is CC(C)C(F)F.CC/C(=C\C=C(/C)CN1CCN(C)CC1)c1ccnc(/C=N/N(N)C2=NCC=C(F)C(N3CCOCC3)=N2)c1.CF. The Morgan fingerprint density at radius 3 is 2.38 bits per heavy atom. The molecule has 1 aromatic rings. The van der Waals surface area contributed by atoms with Gasteiger partial charge in [0.05, 0.1) is 38.8 Å². The van der Waals surface area contributed by atoms with E-state index in [9.17, 15) is 17.6 Å². The Bertz CT molecular complexity index is 1260. The Morgan fingerprint density at radius 2 is 1.77 bits per heavy atom. The fraction of sp³-hybridized carbons (Fsp3) is 0.576. The van der Waals surface area contributed by atoms with Gasteiger partial charge in [-0.25, -0.2) is 24.0 Å². The van der Waals surface area contributed by atoms with E-state index in [0.29, 0.717) is 39.2 Å². The van der Waals surface area contributed by atoms with Gasteiger partial charge in [-0.1, -0.05) is 38.5 Å². The number of aromatic nitrogens is 1. The van der Waals surface area contributed by atoms with Crippen LogP contribution in [-0.2, 0) is 4.74 Å². The zero-order valence-corrected chi connectivity index (χ0v) is 28.5. The highest BCUT2D eigenvalue weighted by atomic mass is 19.3. The lowest BCUT2D eigenvalue weighted by Crippen LogP contribution is -2.44. The number of halogens is 4. The molecular formula is C33H51F4N9O. The summed E-state index contributed by atoms with van der Waals surface area (Å²) in [6, 6.07) is 3.98. The molecule has 10 nitrogen and oxygen atoms in total. The van der Waals surface area contributed by atoms with Crippen molar-refractivity contribution in [3.63, 3.8) is 0 Å². The van der Waals surface area contributed by atoms with E-state index in [1.165, 1.54) is 31.1 Å². The third-order valence-electron chi connectivity index (χ3n) is 7.43. The number of nitrogens with zero attached hydrogens (tertiary/aromatic N) is 8. The van der Waals surface area contributed by atoms with Gasteiger partial charge < -0.3 is 14.5 Å². The first-order chi connectivity index (χ1) is 22.6. The van der Waals surface area contributed by atoms with E-state index >= 15 is 0 Å². The molecule has 0 spiro atoms. The number of hydrazone groups is 1. The smallest absolute Gasteiger partial charge is 0.259 e. The normalized spacial score (nSPS) is 18.6. The highest BCUT2D eigenvalue weighted by molar-refractivity contribution is 6.04. The van der Waals surface area contributed by atoms with Crippen LogP contribution < -0.4 is 5.84 Å². The van der Waals surface area contributed by atoms with Crippen LogP contribution in [0.5, 0.6) is 0 Å². The lowest BCUT2D eigenvalue weighted by Gasteiger charge is -2.32. The minimum atomic E-state index is -2.15. The molecule has 2 saturated heterocycles. The fourth-order valence-corrected chi connectivity index (χ4v) is 4.57. The van der Waals surface area contributed by atoms with Crippen molar-refractivity contribution in [2.24, 2.45) is 26.8 Å². The number of rotatable bonds is 8. The fourth-order valence-electron chi connectivity index (χ4n) is 4.57. The summed E-state index contributed by atoms with van der Waals surface area (Å²) in [5.41, 5.74) is 4.28. The summed E-state index contributed by atoms with van der Waals surface area (Å²) in [5.74, 6) is 5.57. The van der Waals surface area contributed by atoms with Crippen LogP contribution in [0, 0.1) is 5.92 Å². The largest absolute Gasteiger partial charge is 0.378 e. The topological polar surface area (TPSA) is 98.2 Å². The number of allylic oxidation sites excluding steroid dienone is 3. The number of morpholine rings is 1. The van der Waals surface area contributed by atoms with Gasteiger partial charge in [-0.3, -0.25) is 14.3 Å². The maximum atomic E-state index is 14.6. The van der Waals surface area contributed by atoms with Crippen LogP contribution in [-0.4, -0.2) is 129 Å². The highest BCUT2D eigenvalue weighted by Gasteiger charge is 2.22. The number of hydrazine groups is 1. The predicted molar refractivity (Wildman–Crippen MR) is 183 cm³/mol. The van der Waals surface area contributed by atoms with Gasteiger partial charge in [-0.2, -0.15) is 15.2 Å². The monoisotopic (exact) mass is 665 g/mol. The minimum absolute atomic E-state index is 0.127. The summed E-state index contributed by atoms with van der Waals surface area (Å²) in [5, 5.41) is 5.35. The van der Waals surface area contributed by atoms with Crippen molar-refractivity contribution in [3.05, 3.63) is 59.2 Å². The first-order valence-electron chi connectivity index (χ1n) is 15.9. The molecule has 2 N–H and O–H groups in total. The van der Waals surface area contributed by atoms with Gasteiger partial charge in [0.1, 0.15) is 0 Å². The number of nitrogens with two attached hydrogens (primary N) is 1. The minimum Gasteiger partial charge on any atom is -0.378 e. The molecule has 262 valence electrons. The van der Waals surface area contributed by atoms with E-state index in [4.69, 9.17) is 10.6 Å². The number of likely N-dealkylation sites (N-methyl/N-ethyl adjacent to an activating group) is 1. The molecule has 3 aliphatic heterocycles. The molecule has 0 radical (unpaired) electrons. The molecule has 0 amide bonds. The summed E-state index contributed by atoms with van der Waals surface area (Å²) >= 11 is 0. The van der Waals surface area contributed by atoms with E-state index in [0.717, 1.165) is 49.8 Å². The van der Waals surface area contributed by atoms with Gasteiger partial charge in [0.15, 0.2) is 11.7 Å². The third kappa shape index (κ3) is 14.1. The van der Waals surface area contributed by atoms with Gasteiger partial charge in [-0.15, -0.1) is 0 Å². The van der Waals surface area contributed by atoms with Crippen LogP contribution >= 0.6 is 0 Å². The van der Waals surface area contributed by atoms with E-state index < -0.39 is 18.2 Å². The van der Waals surface area contributed by atoms with Gasteiger partial charge in [0.2, 0.25) is 6.43 Å². The van der Waals surface area contributed by atoms with E-state index in [1.54, 1.807) is 12.4 Å². The molecule has 47 heavy (non-hydrogen) atoms. The Morgan fingerprint density at radius 1 is 1.11 bits per heavy atom. The zero-order valence-electron chi connectivity index (χ0n) is 28.5. The summed E-state index contributed by atoms with van der Waals surface area (Å²) in [6.07, 6.45) is 7.87. The van der Waals surface area contributed by atoms with Crippen molar-refractivity contribution in [3.8, 4) is 0 Å². The molecule has 4 rings (SSSR count). The highest BCUT2D eigenvalue weighted by Crippen LogP contribution is 2.19. The predicted octanol–water partition coefficient (Wildman–Crippen LogP) is 5.03. The Balaban J connectivity index is 0.000000863. The number of hydrogen-bond donors (Lipinski definition) is 1. The quantitative estimate of drug-likeness (QED) is 0.137. The Hall–Kier alpha value is -3.46. The summed E-state index contributed by atoms with van der Waals surface area (Å²) in [6.45, 7) is 15.0. The van der Waals surface area contributed by atoms with Gasteiger partial charge in [0.25, 0.3) is 5.96 Å². The lowest BCUT2D eigenvalue weighted by atomic mass is 10.0. The Kier molecular flexibility index (Phi) is 18.1. The molecule has 0 bridgehead atoms. The number of ether oxygens (including phenoxy) is 1. The van der Waals surface area contributed by atoms with Crippen molar-refractivity contribution in [1.82, 2.24) is 24.8 Å². The van der Waals surface area contributed by atoms with Gasteiger partial charge in [-0.05, 0) is 49.7 Å². The van der Waals surface area contributed by atoms with Gasteiger partial charge >= 0.3 is 0 Å². The lowest BCUT2D eigenvalue weighted by molar-refractivity contribution is 0.0677. The van der Waals surface area contributed by atoms with Crippen LogP contribution in [0.3, 0.4) is 0 Å². The van der Waals surface area contributed by atoms with E-state index in [2.05, 4.69) is 62.9 Å². The number of piperazine rings is 1. The maximum absolute atomic E-state index is 14.6. The number of pyridine rings is 1. The molecule has 14 heteroatoms. The van der Waals surface area contributed by atoms with Crippen molar-refractivity contribution >= 4 is 23.6 Å². The molecule has 0 atom stereocenters. The van der Waals surface area contributed by atoms with Gasteiger partial charge in [0, 0.05) is 57.9 Å². The molecule has 2 fully saturated rings. The molecule has 3 aliphatic rings. The number of guanidine groups is 1. The summed E-state index contributed by atoms with van der Waals surface area (Å²) < 4.78 is 51.8. The van der Waals surface area contributed by atoms with Crippen LogP contribution in [0.1, 0.15) is 45.4 Å². The molecule has 4 heterocycles. The first-order valence-corrected chi connectivity index (χ1v) is 15.9. The number of alkyl halides is 3. The van der Waals surface area contributed by atoms with Crippen LogP contribution in [0.2, 0.25) is 0 Å². The molecule has 0 saturated carbocycles. The molecule has 0 aromatic carbocycles. The van der Waals surface area contributed by atoms with Crippen LogP contribution in [0.15, 0.2) is 63.0 Å². The average molecular weight is 666 g/mol. The second-order valence-electron chi connectivity index (χ2n) is 11.5. The number of aliphatic imine (C=N–C) groups is 2.